The van der Waals surface area contributed by atoms with E-state index in [9.17, 15) is 0 Å². The number of hydrogen-bond donors (Lipinski definition) is 1. The molecule has 0 saturated carbocycles. The number of amidine groups is 1. The van der Waals surface area contributed by atoms with Crippen molar-refractivity contribution in [2.24, 2.45) is 4.99 Å². The molecule has 0 fully saturated rings. The second kappa shape index (κ2) is 9.47. The molecule has 1 heterocycles. The average Bonchev–Trinajstić information content (AvgIpc) is 2.19. The van der Waals surface area contributed by atoms with Crippen molar-refractivity contribution in [3.63, 3.8) is 0 Å². The topological polar surface area (TPSA) is 24.4 Å². The molecule has 0 amide bonds. The van der Waals surface area contributed by atoms with Gasteiger partial charge in [0.25, 0.3) is 0 Å². The molecular weight excluding hydrogens is 136 g/mol. The van der Waals surface area contributed by atoms with Gasteiger partial charge in [0, 0.05) is 13.0 Å². The lowest BCUT2D eigenvalue weighted by atomic mass is 10.3. The molecule has 2 nitrogen and oxygen atoms in total. The van der Waals surface area contributed by atoms with Crippen LogP contribution in [0.1, 0.15) is 42.0 Å². The molecule has 70 valence electrons. The summed E-state index contributed by atoms with van der Waals surface area (Å²) in [6, 6.07) is 0. The highest BCUT2D eigenvalue weighted by molar-refractivity contribution is 5.83. The molecule has 0 radical (unpaired) electrons. The number of hydrogen-bond acceptors (Lipinski definition) is 2. The van der Waals surface area contributed by atoms with Crippen molar-refractivity contribution in [1.82, 2.24) is 5.32 Å². The van der Waals surface area contributed by atoms with E-state index in [0.29, 0.717) is 0 Å². The molecule has 0 aromatic carbocycles. The summed E-state index contributed by atoms with van der Waals surface area (Å²) in [6.45, 7) is 4.20. The number of rotatable bonds is 2. The molecule has 11 heavy (non-hydrogen) atoms. The van der Waals surface area contributed by atoms with Crippen LogP contribution in [0.3, 0.4) is 0 Å². The Bertz CT molecular complexity index is 97.7. The van der Waals surface area contributed by atoms with Crippen molar-refractivity contribution < 1.29 is 0 Å². The highest BCUT2D eigenvalue weighted by atomic mass is 15.1. The molecule has 0 spiro atoms. The maximum atomic E-state index is 4.23. The Morgan fingerprint density at radius 2 is 2.00 bits per heavy atom. The van der Waals surface area contributed by atoms with Crippen LogP contribution in [0.4, 0.5) is 0 Å². The van der Waals surface area contributed by atoms with Crippen LogP contribution in [0.2, 0.25) is 0 Å². The Kier molecular flexibility index (Phi) is 14.5. The summed E-state index contributed by atoms with van der Waals surface area (Å²) in [4.78, 5) is 4.23. The minimum atomic E-state index is 0. The summed E-state index contributed by atoms with van der Waals surface area (Å²) in [5.74, 6) is 1.20. The zero-order valence-corrected chi connectivity index (χ0v) is 5.28. The average molecular weight is 160 g/mol. The lowest BCUT2D eigenvalue weighted by molar-refractivity contribution is 0.921. The molecule has 2 heteroatoms. The summed E-state index contributed by atoms with van der Waals surface area (Å²) >= 11 is 0. The van der Waals surface area contributed by atoms with Crippen molar-refractivity contribution in [3.8, 4) is 0 Å². The normalized spacial score (nSPS) is 13.0. The van der Waals surface area contributed by atoms with E-state index in [1.54, 1.807) is 0 Å². The van der Waals surface area contributed by atoms with Crippen LogP contribution < -0.4 is 5.32 Å². The predicted octanol–water partition coefficient (Wildman–Crippen LogP) is 2.70. The van der Waals surface area contributed by atoms with Crippen molar-refractivity contribution in [2.75, 3.05) is 13.1 Å². The fourth-order valence-electron chi connectivity index (χ4n) is 0.851. The lowest BCUT2D eigenvalue weighted by Crippen LogP contribution is -2.17. The van der Waals surface area contributed by atoms with Gasteiger partial charge >= 0.3 is 0 Å². The Morgan fingerprint density at radius 3 is 2.36 bits per heavy atom. The molecule has 1 aliphatic heterocycles. The van der Waals surface area contributed by atoms with E-state index in [4.69, 9.17) is 0 Å². The molecule has 0 aromatic rings. The smallest absolute Gasteiger partial charge is 0.0964 e. The predicted molar refractivity (Wildman–Crippen MR) is 55.4 cm³/mol. The molecule has 1 rings (SSSR count). The van der Waals surface area contributed by atoms with Crippen LogP contribution >= 0.6 is 0 Å². The van der Waals surface area contributed by atoms with Gasteiger partial charge in [-0.15, -0.1) is 0 Å². The van der Waals surface area contributed by atoms with Gasteiger partial charge in [0.15, 0.2) is 0 Å². The third kappa shape index (κ3) is 5.89. The second-order valence-corrected chi connectivity index (χ2v) is 2.01. The van der Waals surface area contributed by atoms with Gasteiger partial charge in [-0.05, 0) is 6.42 Å². The molecule has 0 saturated heterocycles. The zero-order chi connectivity index (χ0) is 5.82. The third-order valence-electron chi connectivity index (χ3n) is 1.23. The molecule has 0 bridgehead atoms. The van der Waals surface area contributed by atoms with Gasteiger partial charge in [-0.25, -0.2) is 0 Å². The number of nitrogens with zero attached hydrogens (tertiary/aromatic N) is 1. The Balaban J connectivity index is -0.000000213. The van der Waals surface area contributed by atoms with Crippen LogP contribution in [-0.2, 0) is 0 Å². The first-order valence-corrected chi connectivity index (χ1v) is 3.20. The van der Waals surface area contributed by atoms with Crippen LogP contribution in [0.5, 0.6) is 0 Å². The van der Waals surface area contributed by atoms with Crippen molar-refractivity contribution in [3.05, 3.63) is 0 Å². The first kappa shape index (κ1) is 16.8. The summed E-state index contributed by atoms with van der Waals surface area (Å²) in [6.07, 6.45) is 2.33. The zero-order valence-electron chi connectivity index (χ0n) is 5.28. The fourth-order valence-corrected chi connectivity index (χ4v) is 0.851. The summed E-state index contributed by atoms with van der Waals surface area (Å²) in [5, 5.41) is 3.21. The van der Waals surface area contributed by atoms with Gasteiger partial charge < -0.3 is 5.32 Å². The Hall–Kier alpha value is -0.530. The minimum Gasteiger partial charge on any atom is -0.372 e. The van der Waals surface area contributed by atoms with Crippen LogP contribution in [-0.4, -0.2) is 18.9 Å². The van der Waals surface area contributed by atoms with Gasteiger partial charge in [0.1, 0.15) is 0 Å². The lowest BCUT2D eigenvalue weighted by Gasteiger charge is -1.95. The van der Waals surface area contributed by atoms with Crippen molar-refractivity contribution in [1.29, 1.82) is 0 Å². The highest BCUT2D eigenvalue weighted by Crippen LogP contribution is 1.93. The van der Waals surface area contributed by atoms with Crippen LogP contribution in [0.15, 0.2) is 4.99 Å². The SMILES string of the molecule is C.C.C.CCCC1=NCCN1. The number of aliphatic imine (C=N–C) groups is 1. The molecule has 0 aromatic heterocycles. The van der Waals surface area contributed by atoms with E-state index in [-0.39, 0.29) is 22.3 Å². The quantitative estimate of drug-likeness (QED) is 0.660. The first-order chi connectivity index (χ1) is 3.93. The van der Waals surface area contributed by atoms with E-state index < -0.39 is 0 Å². The van der Waals surface area contributed by atoms with E-state index in [1.165, 1.54) is 12.3 Å². The molecular formula is C9H24N2. The van der Waals surface area contributed by atoms with Gasteiger partial charge in [0.05, 0.1) is 12.4 Å². The molecule has 0 aliphatic carbocycles. The van der Waals surface area contributed by atoms with Gasteiger partial charge in [-0.2, -0.15) is 0 Å². The maximum absolute atomic E-state index is 4.23. The second-order valence-electron chi connectivity index (χ2n) is 2.01. The van der Waals surface area contributed by atoms with E-state index in [0.717, 1.165) is 19.5 Å². The van der Waals surface area contributed by atoms with E-state index >= 15 is 0 Å². The van der Waals surface area contributed by atoms with Crippen LogP contribution in [0.25, 0.3) is 0 Å². The Morgan fingerprint density at radius 1 is 1.36 bits per heavy atom. The van der Waals surface area contributed by atoms with Gasteiger partial charge in [-0.3, -0.25) is 4.99 Å². The van der Waals surface area contributed by atoms with E-state index in [2.05, 4.69) is 17.2 Å². The van der Waals surface area contributed by atoms with Crippen molar-refractivity contribution in [2.45, 2.75) is 42.0 Å². The monoisotopic (exact) mass is 160 g/mol. The Labute approximate surface area is 72.1 Å². The molecule has 1 aliphatic rings. The highest BCUT2D eigenvalue weighted by Gasteiger charge is 2.00. The third-order valence-corrected chi connectivity index (χ3v) is 1.23. The fraction of sp³-hybridized carbons (Fsp3) is 0.889. The standard InChI is InChI=1S/C6H12N2.3CH4/c1-2-3-6-7-4-5-8-6;;;/h2-5H2,1H3,(H,7,8);3*1H4. The minimum absolute atomic E-state index is 0. The van der Waals surface area contributed by atoms with E-state index in [1.807, 2.05) is 0 Å². The molecule has 1 N–H and O–H groups in total. The summed E-state index contributed by atoms with van der Waals surface area (Å²) < 4.78 is 0. The van der Waals surface area contributed by atoms with Crippen molar-refractivity contribution >= 4 is 5.84 Å². The first-order valence-electron chi connectivity index (χ1n) is 3.20. The number of nitrogens with one attached hydrogen (secondary N) is 1. The van der Waals surface area contributed by atoms with Gasteiger partial charge in [-0.1, -0.05) is 29.2 Å². The summed E-state index contributed by atoms with van der Waals surface area (Å²) in [5.41, 5.74) is 0. The van der Waals surface area contributed by atoms with Crippen LogP contribution in [0, 0.1) is 0 Å². The summed E-state index contributed by atoms with van der Waals surface area (Å²) in [7, 11) is 0. The largest absolute Gasteiger partial charge is 0.372 e. The molecule has 0 unspecified atom stereocenters. The molecule has 0 atom stereocenters. The maximum Gasteiger partial charge on any atom is 0.0964 e. The van der Waals surface area contributed by atoms with Gasteiger partial charge in [0.2, 0.25) is 0 Å².